The molecule has 0 aliphatic carbocycles. The summed E-state index contributed by atoms with van der Waals surface area (Å²) in [4.78, 5) is 0. The second-order valence-electron chi connectivity index (χ2n) is 7.09. The number of nitrogens with zero attached hydrogens (tertiary/aromatic N) is 1. The van der Waals surface area contributed by atoms with Gasteiger partial charge in [0, 0.05) is 27.2 Å². The molecule has 0 radical (unpaired) electrons. The van der Waals surface area contributed by atoms with Gasteiger partial charge in [-0.05, 0) is 48.0 Å². The summed E-state index contributed by atoms with van der Waals surface area (Å²) in [5, 5.41) is 5.56. The van der Waals surface area contributed by atoms with Gasteiger partial charge < -0.3 is 8.98 Å². The van der Waals surface area contributed by atoms with E-state index in [0.29, 0.717) is 0 Å². The third-order valence-corrected chi connectivity index (χ3v) is 6.15. The highest BCUT2D eigenvalue weighted by Crippen LogP contribution is 2.40. The van der Waals surface area contributed by atoms with E-state index in [1.54, 1.807) is 0 Å². The van der Waals surface area contributed by atoms with Gasteiger partial charge in [-0.1, -0.05) is 58.4 Å². The molecule has 134 valence electrons. The van der Waals surface area contributed by atoms with Crippen molar-refractivity contribution < 1.29 is 4.42 Å². The molecule has 0 bridgehead atoms. The highest BCUT2D eigenvalue weighted by molar-refractivity contribution is 9.08. The second kappa shape index (κ2) is 5.98. The van der Waals surface area contributed by atoms with Crippen LogP contribution in [0.1, 0.15) is 5.56 Å². The van der Waals surface area contributed by atoms with Gasteiger partial charge >= 0.3 is 0 Å². The minimum atomic E-state index is 0.830. The maximum absolute atomic E-state index is 6.37. The molecule has 2 heterocycles. The van der Waals surface area contributed by atoms with Crippen molar-refractivity contribution >= 4 is 59.7 Å². The molecule has 0 atom stereocenters. The summed E-state index contributed by atoms with van der Waals surface area (Å²) in [6.45, 7) is 0. The zero-order chi connectivity index (χ0) is 18.7. The monoisotopic (exact) mass is 425 g/mol. The summed E-state index contributed by atoms with van der Waals surface area (Å²) >= 11 is 3.61. The second-order valence-corrected chi connectivity index (χ2v) is 7.65. The largest absolute Gasteiger partial charge is 0.455 e. The van der Waals surface area contributed by atoms with Crippen molar-refractivity contribution in [2.24, 2.45) is 0 Å². The van der Waals surface area contributed by atoms with Crippen molar-refractivity contribution in [1.29, 1.82) is 0 Å². The summed E-state index contributed by atoms with van der Waals surface area (Å²) in [6.07, 6.45) is 0. The van der Waals surface area contributed by atoms with Crippen LogP contribution in [0, 0.1) is 0 Å². The van der Waals surface area contributed by atoms with E-state index in [4.69, 9.17) is 4.42 Å². The number of halogens is 1. The Labute approximate surface area is 170 Å². The molecule has 0 N–H and O–H groups in total. The SMILES string of the molecule is BrCc1ccc2c(c1)c1c3oc4ccccc4c3ccc1n2-c1ccccc1. The number of alkyl halides is 1. The van der Waals surface area contributed by atoms with Gasteiger partial charge in [0.25, 0.3) is 0 Å². The van der Waals surface area contributed by atoms with Crippen LogP contribution in [0.15, 0.2) is 89.3 Å². The molecule has 0 spiro atoms. The van der Waals surface area contributed by atoms with Gasteiger partial charge in [0.05, 0.1) is 16.4 Å². The fourth-order valence-electron chi connectivity index (χ4n) is 4.27. The van der Waals surface area contributed by atoms with Gasteiger partial charge in [0.1, 0.15) is 11.2 Å². The number of benzene rings is 4. The van der Waals surface area contributed by atoms with Crippen LogP contribution in [0.3, 0.4) is 0 Å². The Morgan fingerprint density at radius 3 is 2.36 bits per heavy atom. The van der Waals surface area contributed by atoms with Crippen LogP contribution in [0.5, 0.6) is 0 Å². The first kappa shape index (κ1) is 16.0. The number of aromatic nitrogens is 1. The molecular formula is C25H16BrNO. The lowest BCUT2D eigenvalue weighted by Gasteiger charge is -2.07. The van der Waals surface area contributed by atoms with E-state index in [0.717, 1.165) is 27.6 Å². The molecule has 0 aliphatic rings. The fourth-order valence-corrected chi connectivity index (χ4v) is 4.62. The molecule has 2 aromatic heterocycles. The summed E-state index contributed by atoms with van der Waals surface area (Å²) in [5.41, 5.74) is 6.67. The van der Waals surface area contributed by atoms with Crippen LogP contribution >= 0.6 is 15.9 Å². The number of hydrogen-bond acceptors (Lipinski definition) is 1. The maximum atomic E-state index is 6.37. The molecule has 28 heavy (non-hydrogen) atoms. The summed E-state index contributed by atoms with van der Waals surface area (Å²) < 4.78 is 8.70. The zero-order valence-corrected chi connectivity index (χ0v) is 16.6. The Morgan fingerprint density at radius 2 is 1.50 bits per heavy atom. The normalized spacial score (nSPS) is 11.9. The number of fused-ring (bicyclic) bond motifs is 7. The van der Waals surface area contributed by atoms with Gasteiger partial charge in [0.15, 0.2) is 0 Å². The van der Waals surface area contributed by atoms with E-state index in [1.165, 1.54) is 32.8 Å². The standard InChI is InChI=1S/C25H16BrNO/c26-15-16-10-12-21-20(14-16)24-22(27(21)17-6-2-1-3-7-17)13-11-19-18-8-4-5-9-23(18)28-25(19)24/h1-14H,15H2. The summed E-state index contributed by atoms with van der Waals surface area (Å²) in [6, 6.07) is 29.9. The van der Waals surface area contributed by atoms with Gasteiger partial charge in [-0.25, -0.2) is 0 Å². The third kappa shape index (κ3) is 2.14. The zero-order valence-electron chi connectivity index (χ0n) is 15.0. The van der Waals surface area contributed by atoms with Crippen molar-refractivity contribution in [2.45, 2.75) is 5.33 Å². The number of para-hydroxylation sites is 2. The first-order valence-electron chi connectivity index (χ1n) is 9.34. The van der Waals surface area contributed by atoms with E-state index in [2.05, 4.69) is 93.3 Å². The predicted molar refractivity (Wildman–Crippen MR) is 121 cm³/mol. The molecule has 6 rings (SSSR count). The van der Waals surface area contributed by atoms with Crippen molar-refractivity contribution in [2.75, 3.05) is 0 Å². The smallest absolute Gasteiger partial charge is 0.145 e. The van der Waals surface area contributed by atoms with Crippen LogP contribution in [-0.4, -0.2) is 4.57 Å². The minimum Gasteiger partial charge on any atom is -0.455 e. The first-order valence-corrected chi connectivity index (χ1v) is 10.5. The van der Waals surface area contributed by atoms with Gasteiger partial charge in [-0.2, -0.15) is 0 Å². The van der Waals surface area contributed by atoms with Crippen LogP contribution in [0.4, 0.5) is 0 Å². The first-order chi connectivity index (χ1) is 13.8. The molecule has 0 saturated heterocycles. The Balaban J connectivity index is 1.87. The Bertz CT molecular complexity index is 1490. The lowest BCUT2D eigenvalue weighted by molar-refractivity contribution is 0.673. The topological polar surface area (TPSA) is 18.1 Å². The number of hydrogen-bond donors (Lipinski definition) is 0. The van der Waals surface area contributed by atoms with Crippen LogP contribution in [0.25, 0.3) is 49.4 Å². The van der Waals surface area contributed by atoms with E-state index in [1.807, 2.05) is 12.1 Å². The van der Waals surface area contributed by atoms with Crippen molar-refractivity contribution in [3.63, 3.8) is 0 Å². The molecule has 0 unspecified atom stereocenters. The molecule has 2 nitrogen and oxygen atoms in total. The van der Waals surface area contributed by atoms with Crippen molar-refractivity contribution in [3.8, 4) is 5.69 Å². The number of furan rings is 1. The fraction of sp³-hybridized carbons (Fsp3) is 0.0400. The van der Waals surface area contributed by atoms with Crippen LogP contribution in [-0.2, 0) is 5.33 Å². The molecule has 0 fully saturated rings. The Hall–Kier alpha value is -3.04. The van der Waals surface area contributed by atoms with E-state index in [9.17, 15) is 0 Å². The lowest BCUT2D eigenvalue weighted by atomic mass is 10.1. The molecule has 0 aliphatic heterocycles. The van der Waals surface area contributed by atoms with E-state index in [-0.39, 0.29) is 0 Å². The minimum absolute atomic E-state index is 0.830. The molecular weight excluding hydrogens is 410 g/mol. The molecule has 6 aromatic rings. The molecule has 0 saturated carbocycles. The Kier molecular flexibility index (Phi) is 3.41. The van der Waals surface area contributed by atoms with E-state index >= 15 is 0 Å². The average Bonchev–Trinajstić information content (AvgIpc) is 3.29. The predicted octanol–water partition coefficient (Wildman–Crippen LogP) is 7.58. The van der Waals surface area contributed by atoms with Crippen LogP contribution < -0.4 is 0 Å². The summed E-state index contributed by atoms with van der Waals surface area (Å²) in [7, 11) is 0. The third-order valence-electron chi connectivity index (χ3n) is 5.51. The van der Waals surface area contributed by atoms with Gasteiger partial charge in [-0.3, -0.25) is 0 Å². The van der Waals surface area contributed by atoms with Gasteiger partial charge in [-0.15, -0.1) is 0 Å². The molecule has 3 heteroatoms. The summed E-state index contributed by atoms with van der Waals surface area (Å²) in [5.74, 6) is 0. The number of rotatable bonds is 2. The maximum Gasteiger partial charge on any atom is 0.145 e. The van der Waals surface area contributed by atoms with E-state index < -0.39 is 0 Å². The lowest BCUT2D eigenvalue weighted by Crippen LogP contribution is -1.93. The van der Waals surface area contributed by atoms with Crippen molar-refractivity contribution in [3.05, 3.63) is 90.5 Å². The molecule has 0 amide bonds. The highest BCUT2D eigenvalue weighted by Gasteiger charge is 2.18. The van der Waals surface area contributed by atoms with Crippen LogP contribution in [0.2, 0.25) is 0 Å². The van der Waals surface area contributed by atoms with Gasteiger partial charge in [0.2, 0.25) is 0 Å². The average molecular weight is 426 g/mol. The Morgan fingerprint density at radius 1 is 0.714 bits per heavy atom. The van der Waals surface area contributed by atoms with Crippen molar-refractivity contribution in [1.82, 2.24) is 4.57 Å². The highest BCUT2D eigenvalue weighted by atomic mass is 79.9. The quantitative estimate of drug-likeness (QED) is 0.261. The molecule has 4 aromatic carbocycles.